The molecule has 0 saturated carbocycles. The van der Waals surface area contributed by atoms with Gasteiger partial charge in [-0.3, -0.25) is 0 Å². The highest BCUT2D eigenvalue weighted by atomic mass is 16.3. The van der Waals surface area contributed by atoms with Crippen molar-refractivity contribution in [1.82, 2.24) is 0 Å². The van der Waals surface area contributed by atoms with E-state index in [1.807, 2.05) is 19.1 Å². The standard InChI is InChI=1S/C11H17NO/c1-9-5-3-4-6-10(9)7-11(2,12)8-13/h3-6,13H,7-8,12H2,1-2H3. The maximum Gasteiger partial charge on any atom is 0.0611 e. The first-order valence-electron chi connectivity index (χ1n) is 4.49. The van der Waals surface area contributed by atoms with Gasteiger partial charge in [0.15, 0.2) is 0 Å². The molecule has 2 nitrogen and oxygen atoms in total. The highest BCUT2D eigenvalue weighted by Gasteiger charge is 2.18. The molecule has 0 aromatic heterocycles. The highest BCUT2D eigenvalue weighted by molar-refractivity contribution is 5.27. The average Bonchev–Trinajstić information content (AvgIpc) is 2.09. The maximum absolute atomic E-state index is 9.02. The fourth-order valence-corrected chi connectivity index (χ4v) is 1.30. The molecule has 0 amide bonds. The minimum Gasteiger partial charge on any atom is -0.394 e. The smallest absolute Gasteiger partial charge is 0.0611 e. The molecule has 1 atom stereocenters. The third-order valence-corrected chi connectivity index (χ3v) is 2.22. The molecule has 1 aromatic rings. The summed E-state index contributed by atoms with van der Waals surface area (Å²) in [6, 6.07) is 8.11. The third-order valence-electron chi connectivity index (χ3n) is 2.22. The first-order chi connectivity index (χ1) is 6.05. The molecule has 0 bridgehead atoms. The summed E-state index contributed by atoms with van der Waals surface area (Å²) in [5.41, 5.74) is 7.80. The summed E-state index contributed by atoms with van der Waals surface area (Å²) in [5, 5.41) is 9.02. The first kappa shape index (κ1) is 10.2. The summed E-state index contributed by atoms with van der Waals surface area (Å²) in [6.07, 6.45) is 0.718. The Morgan fingerprint density at radius 3 is 2.54 bits per heavy atom. The molecule has 0 aliphatic rings. The van der Waals surface area contributed by atoms with Crippen LogP contribution >= 0.6 is 0 Å². The van der Waals surface area contributed by atoms with Gasteiger partial charge >= 0.3 is 0 Å². The molecular weight excluding hydrogens is 162 g/mol. The SMILES string of the molecule is Cc1ccccc1CC(C)(N)CO. The first-order valence-corrected chi connectivity index (χ1v) is 4.49. The molecule has 13 heavy (non-hydrogen) atoms. The Balaban J connectivity index is 2.80. The van der Waals surface area contributed by atoms with Crippen LogP contribution in [0, 0.1) is 6.92 Å². The topological polar surface area (TPSA) is 46.2 Å². The number of benzene rings is 1. The van der Waals surface area contributed by atoms with Crippen LogP contribution in [0.1, 0.15) is 18.1 Å². The number of nitrogens with two attached hydrogens (primary N) is 1. The lowest BCUT2D eigenvalue weighted by Crippen LogP contribution is -2.42. The minimum absolute atomic E-state index is 0.0152. The number of hydrogen-bond acceptors (Lipinski definition) is 2. The Bertz CT molecular complexity index is 281. The molecule has 0 radical (unpaired) electrons. The Morgan fingerprint density at radius 1 is 1.38 bits per heavy atom. The fourth-order valence-electron chi connectivity index (χ4n) is 1.30. The normalized spacial score (nSPS) is 15.4. The second-order valence-corrected chi connectivity index (χ2v) is 3.92. The van der Waals surface area contributed by atoms with Crippen molar-refractivity contribution in [2.24, 2.45) is 5.73 Å². The Labute approximate surface area is 79.4 Å². The van der Waals surface area contributed by atoms with Crippen LogP contribution in [-0.2, 0) is 6.42 Å². The van der Waals surface area contributed by atoms with E-state index in [1.54, 1.807) is 0 Å². The van der Waals surface area contributed by atoms with Gasteiger partial charge < -0.3 is 10.8 Å². The van der Waals surface area contributed by atoms with Crippen LogP contribution in [0.15, 0.2) is 24.3 Å². The lowest BCUT2D eigenvalue weighted by atomic mass is 9.92. The van der Waals surface area contributed by atoms with Crippen molar-refractivity contribution in [3.63, 3.8) is 0 Å². The van der Waals surface area contributed by atoms with Gasteiger partial charge in [0.25, 0.3) is 0 Å². The highest BCUT2D eigenvalue weighted by Crippen LogP contribution is 2.13. The predicted octanol–water partition coefficient (Wildman–Crippen LogP) is 1.25. The number of aliphatic hydroxyl groups excluding tert-OH is 1. The molecule has 0 aliphatic carbocycles. The van der Waals surface area contributed by atoms with Crippen LogP contribution in [0.4, 0.5) is 0 Å². The summed E-state index contributed by atoms with van der Waals surface area (Å²) >= 11 is 0. The van der Waals surface area contributed by atoms with E-state index in [9.17, 15) is 0 Å². The van der Waals surface area contributed by atoms with Crippen molar-refractivity contribution in [3.8, 4) is 0 Å². The van der Waals surface area contributed by atoms with E-state index in [-0.39, 0.29) is 6.61 Å². The quantitative estimate of drug-likeness (QED) is 0.733. The van der Waals surface area contributed by atoms with Gasteiger partial charge in [0.05, 0.1) is 6.61 Å². The van der Waals surface area contributed by atoms with Crippen LogP contribution in [-0.4, -0.2) is 17.3 Å². The van der Waals surface area contributed by atoms with Gasteiger partial charge in [-0.15, -0.1) is 0 Å². The van der Waals surface area contributed by atoms with Crippen molar-refractivity contribution in [1.29, 1.82) is 0 Å². The number of hydrogen-bond donors (Lipinski definition) is 2. The second kappa shape index (κ2) is 3.90. The van der Waals surface area contributed by atoms with E-state index in [1.165, 1.54) is 11.1 Å². The van der Waals surface area contributed by atoms with Gasteiger partial charge in [0.1, 0.15) is 0 Å². The lowest BCUT2D eigenvalue weighted by Gasteiger charge is -2.22. The van der Waals surface area contributed by atoms with Crippen LogP contribution < -0.4 is 5.73 Å². The molecule has 2 heteroatoms. The fraction of sp³-hybridized carbons (Fsp3) is 0.455. The van der Waals surface area contributed by atoms with Crippen molar-refractivity contribution in [2.45, 2.75) is 25.8 Å². The summed E-state index contributed by atoms with van der Waals surface area (Å²) in [4.78, 5) is 0. The van der Waals surface area contributed by atoms with E-state index in [2.05, 4.69) is 19.1 Å². The van der Waals surface area contributed by atoms with E-state index in [4.69, 9.17) is 10.8 Å². The van der Waals surface area contributed by atoms with Gasteiger partial charge in [0, 0.05) is 5.54 Å². The van der Waals surface area contributed by atoms with Gasteiger partial charge in [0.2, 0.25) is 0 Å². The monoisotopic (exact) mass is 179 g/mol. The van der Waals surface area contributed by atoms with Gasteiger partial charge in [-0.2, -0.15) is 0 Å². The van der Waals surface area contributed by atoms with Crippen LogP contribution in [0.5, 0.6) is 0 Å². The number of aryl methyl sites for hydroxylation is 1. The van der Waals surface area contributed by atoms with Crippen LogP contribution in [0.3, 0.4) is 0 Å². The molecule has 1 rings (SSSR count). The van der Waals surface area contributed by atoms with Gasteiger partial charge in [-0.05, 0) is 31.4 Å². The van der Waals surface area contributed by atoms with Crippen molar-refractivity contribution in [3.05, 3.63) is 35.4 Å². The summed E-state index contributed by atoms with van der Waals surface area (Å²) in [6.45, 7) is 3.93. The zero-order valence-electron chi connectivity index (χ0n) is 8.25. The number of rotatable bonds is 3. The lowest BCUT2D eigenvalue weighted by molar-refractivity contribution is 0.208. The summed E-state index contributed by atoms with van der Waals surface area (Å²) < 4.78 is 0. The Kier molecular flexibility index (Phi) is 3.07. The largest absolute Gasteiger partial charge is 0.394 e. The van der Waals surface area contributed by atoms with Crippen molar-refractivity contribution < 1.29 is 5.11 Å². The number of aliphatic hydroxyl groups is 1. The Hall–Kier alpha value is -0.860. The molecule has 0 heterocycles. The zero-order valence-corrected chi connectivity index (χ0v) is 8.25. The summed E-state index contributed by atoms with van der Waals surface area (Å²) in [7, 11) is 0. The average molecular weight is 179 g/mol. The molecule has 0 spiro atoms. The van der Waals surface area contributed by atoms with E-state index < -0.39 is 5.54 Å². The molecule has 72 valence electrons. The third kappa shape index (κ3) is 2.83. The molecular formula is C11H17NO. The van der Waals surface area contributed by atoms with Gasteiger partial charge in [-0.25, -0.2) is 0 Å². The van der Waals surface area contributed by atoms with Crippen molar-refractivity contribution >= 4 is 0 Å². The van der Waals surface area contributed by atoms with Gasteiger partial charge in [-0.1, -0.05) is 24.3 Å². The van der Waals surface area contributed by atoms with Crippen molar-refractivity contribution in [2.75, 3.05) is 6.61 Å². The van der Waals surface area contributed by atoms with E-state index in [0.717, 1.165) is 6.42 Å². The second-order valence-electron chi connectivity index (χ2n) is 3.92. The zero-order chi connectivity index (χ0) is 9.90. The maximum atomic E-state index is 9.02. The molecule has 0 fully saturated rings. The van der Waals surface area contributed by atoms with Crippen LogP contribution in [0.25, 0.3) is 0 Å². The molecule has 3 N–H and O–H groups in total. The molecule has 0 saturated heterocycles. The van der Waals surface area contributed by atoms with E-state index >= 15 is 0 Å². The van der Waals surface area contributed by atoms with Crippen LogP contribution in [0.2, 0.25) is 0 Å². The Morgan fingerprint density at radius 2 is 2.00 bits per heavy atom. The molecule has 0 aliphatic heterocycles. The predicted molar refractivity (Wildman–Crippen MR) is 54.6 cm³/mol. The minimum atomic E-state index is -0.508. The van der Waals surface area contributed by atoms with E-state index in [0.29, 0.717) is 0 Å². The molecule has 1 unspecified atom stereocenters. The molecule has 1 aromatic carbocycles. The summed E-state index contributed by atoms with van der Waals surface area (Å²) in [5.74, 6) is 0.